The second-order valence-electron chi connectivity index (χ2n) is 8.27. The Bertz CT molecular complexity index is 872. The van der Waals surface area contributed by atoms with Crippen molar-refractivity contribution in [3.63, 3.8) is 0 Å². The SMILES string of the molecule is CCc1ccc([C@@H]2CC(=O)c3c([nH]c(C(=O)OC4CCCCC4)c3C)C2)cc1. The molecule has 1 saturated carbocycles. The summed E-state index contributed by atoms with van der Waals surface area (Å²) in [6, 6.07) is 8.55. The van der Waals surface area contributed by atoms with Crippen molar-refractivity contribution in [3.05, 3.63) is 57.9 Å². The molecule has 2 aliphatic carbocycles. The van der Waals surface area contributed by atoms with E-state index in [2.05, 4.69) is 36.2 Å². The van der Waals surface area contributed by atoms with Crippen LogP contribution in [0, 0.1) is 6.92 Å². The molecule has 4 rings (SSSR count). The van der Waals surface area contributed by atoms with E-state index in [9.17, 15) is 9.59 Å². The summed E-state index contributed by atoms with van der Waals surface area (Å²) in [5.41, 5.74) is 5.29. The number of esters is 1. The van der Waals surface area contributed by atoms with Crippen molar-refractivity contribution in [2.45, 2.75) is 77.2 Å². The normalized spacial score (nSPS) is 20.1. The lowest BCUT2D eigenvalue weighted by molar-refractivity contribution is 0.0204. The number of hydrogen-bond donors (Lipinski definition) is 1. The molecule has 2 aliphatic rings. The lowest BCUT2D eigenvalue weighted by atomic mass is 9.81. The van der Waals surface area contributed by atoms with Crippen molar-refractivity contribution in [1.82, 2.24) is 4.98 Å². The van der Waals surface area contributed by atoms with Gasteiger partial charge >= 0.3 is 5.97 Å². The van der Waals surface area contributed by atoms with Crippen molar-refractivity contribution in [2.75, 3.05) is 0 Å². The maximum absolute atomic E-state index is 12.9. The Kier molecular flexibility index (Phi) is 5.38. The second-order valence-corrected chi connectivity index (χ2v) is 8.27. The number of H-pyrrole nitrogens is 1. The van der Waals surface area contributed by atoms with Crippen molar-refractivity contribution < 1.29 is 14.3 Å². The summed E-state index contributed by atoms with van der Waals surface area (Å²) in [4.78, 5) is 28.8. The van der Waals surface area contributed by atoms with E-state index in [1.165, 1.54) is 17.5 Å². The van der Waals surface area contributed by atoms with E-state index < -0.39 is 0 Å². The molecule has 0 aliphatic heterocycles. The minimum atomic E-state index is -0.310. The van der Waals surface area contributed by atoms with Gasteiger partial charge in [0.05, 0.1) is 0 Å². The van der Waals surface area contributed by atoms with Gasteiger partial charge in [-0.3, -0.25) is 4.79 Å². The van der Waals surface area contributed by atoms with E-state index in [1.807, 2.05) is 6.92 Å². The average Bonchev–Trinajstić information content (AvgIpc) is 3.06. The predicted molar refractivity (Wildman–Crippen MR) is 109 cm³/mol. The van der Waals surface area contributed by atoms with Crippen molar-refractivity contribution in [1.29, 1.82) is 0 Å². The van der Waals surface area contributed by atoms with Crippen molar-refractivity contribution in [2.24, 2.45) is 0 Å². The topological polar surface area (TPSA) is 59.2 Å². The van der Waals surface area contributed by atoms with Crippen LogP contribution in [0.25, 0.3) is 0 Å². The molecule has 1 heterocycles. The quantitative estimate of drug-likeness (QED) is 0.735. The molecule has 1 aromatic heterocycles. The van der Waals surface area contributed by atoms with Gasteiger partial charge in [0.25, 0.3) is 0 Å². The first-order chi connectivity index (χ1) is 13.6. The van der Waals surface area contributed by atoms with E-state index in [0.29, 0.717) is 17.7 Å². The number of benzene rings is 1. The molecule has 0 spiro atoms. The molecule has 1 aromatic carbocycles. The van der Waals surface area contributed by atoms with E-state index in [-0.39, 0.29) is 23.8 Å². The van der Waals surface area contributed by atoms with Gasteiger partial charge in [-0.05, 0) is 68.1 Å². The Hall–Kier alpha value is -2.36. The first-order valence-corrected chi connectivity index (χ1v) is 10.6. The number of ether oxygens (including phenoxy) is 1. The Balaban J connectivity index is 1.54. The van der Waals surface area contributed by atoms with E-state index >= 15 is 0 Å². The first kappa shape index (κ1) is 19.0. The monoisotopic (exact) mass is 379 g/mol. The van der Waals surface area contributed by atoms with Crippen LogP contribution in [0.1, 0.15) is 94.6 Å². The number of aromatic nitrogens is 1. The van der Waals surface area contributed by atoms with Crippen LogP contribution in [0.2, 0.25) is 0 Å². The first-order valence-electron chi connectivity index (χ1n) is 10.6. The standard InChI is InChI=1S/C24H29NO3/c1-3-16-9-11-17(12-10-16)18-13-20-22(21(26)14-18)15(2)23(25-20)24(27)28-19-7-5-4-6-8-19/h9-12,18-19,25H,3-8,13-14H2,1-2H3/t18-/m0/s1. The minimum absolute atomic E-state index is 0.0153. The number of aryl methyl sites for hydroxylation is 1. The van der Waals surface area contributed by atoms with E-state index in [1.54, 1.807) is 0 Å². The lowest BCUT2D eigenvalue weighted by Crippen LogP contribution is -2.21. The molecular weight excluding hydrogens is 350 g/mol. The lowest BCUT2D eigenvalue weighted by Gasteiger charge is -2.22. The smallest absolute Gasteiger partial charge is 0.355 e. The van der Waals surface area contributed by atoms with Crippen LogP contribution in [-0.4, -0.2) is 22.8 Å². The molecular formula is C24H29NO3. The molecule has 28 heavy (non-hydrogen) atoms. The van der Waals surface area contributed by atoms with Gasteiger partial charge in [-0.1, -0.05) is 37.6 Å². The van der Waals surface area contributed by atoms with Crippen LogP contribution in [0.5, 0.6) is 0 Å². The van der Waals surface area contributed by atoms with Crippen molar-refractivity contribution >= 4 is 11.8 Å². The molecule has 148 valence electrons. The number of carbonyl (C=O) groups excluding carboxylic acids is 2. The summed E-state index contributed by atoms with van der Waals surface area (Å²) in [5.74, 6) is -0.0297. The predicted octanol–water partition coefficient (Wildman–Crippen LogP) is 5.29. The highest BCUT2D eigenvalue weighted by molar-refractivity contribution is 6.03. The van der Waals surface area contributed by atoms with Gasteiger partial charge in [-0.15, -0.1) is 0 Å². The molecule has 2 aromatic rings. The Morgan fingerprint density at radius 2 is 1.82 bits per heavy atom. The summed E-state index contributed by atoms with van der Waals surface area (Å²) in [7, 11) is 0. The van der Waals surface area contributed by atoms with E-state index in [4.69, 9.17) is 4.74 Å². The number of Topliss-reactive ketones (excluding diaryl/α,β-unsaturated/α-hetero) is 1. The number of carbonyl (C=O) groups is 2. The Labute approximate surface area is 166 Å². The molecule has 0 bridgehead atoms. The summed E-state index contributed by atoms with van der Waals surface area (Å²) in [6.45, 7) is 4.00. The van der Waals surface area contributed by atoms with Crippen molar-refractivity contribution in [3.8, 4) is 0 Å². The Morgan fingerprint density at radius 3 is 2.50 bits per heavy atom. The van der Waals surface area contributed by atoms with Crippen LogP contribution in [-0.2, 0) is 17.6 Å². The maximum Gasteiger partial charge on any atom is 0.355 e. The molecule has 1 atom stereocenters. The molecule has 0 unspecified atom stereocenters. The fraction of sp³-hybridized carbons (Fsp3) is 0.500. The summed E-state index contributed by atoms with van der Waals surface area (Å²) >= 11 is 0. The van der Waals surface area contributed by atoms with Crippen LogP contribution in [0.3, 0.4) is 0 Å². The Morgan fingerprint density at radius 1 is 1.11 bits per heavy atom. The number of rotatable bonds is 4. The van der Waals surface area contributed by atoms with Crippen LogP contribution in [0.15, 0.2) is 24.3 Å². The summed E-state index contributed by atoms with van der Waals surface area (Å²) in [5, 5.41) is 0. The zero-order valence-electron chi connectivity index (χ0n) is 16.8. The number of ketones is 1. The zero-order valence-corrected chi connectivity index (χ0v) is 16.8. The number of aromatic amines is 1. The third-order valence-electron chi connectivity index (χ3n) is 6.38. The number of hydrogen-bond acceptors (Lipinski definition) is 3. The molecule has 0 radical (unpaired) electrons. The van der Waals surface area contributed by atoms with Gasteiger partial charge in [0.2, 0.25) is 0 Å². The highest BCUT2D eigenvalue weighted by Gasteiger charge is 2.33. The summed E-state index contributed by atoms with van der Waals surface area (Å²) < 4.78 is 5.73. The van der Waals surface area contributed by atoms with Gasteiger partial charge in [-0.25, -0.2) is 4.79 Å². The van der Waals surface area contributed by atoms with Crippen LogP contribution >= 0.6 is 0 Å². The average molecular weight is 380 g/mol. The van der Waals surface area contributed by atoms with Gasteiger partial charge in [0.1, 0.15) is 11.8 Å². The van der Waals surface area contributed by atoms with Crippen LogP contribution < -0.4 is 0 Å². The zero-order chi connectivity index (χ0) is 19.7. The number of fused-ring (bicyclic) bond motifs is 1. The van der Waals surface area contributed by atoms with Crippen LogP contribution in [0.4, 0.5) is 0 Å². The second kappa shape index (κ2) is 7.94. The molecule has 0 saturated heterocycles. The molecule has 1 N–H and O–H groups in total. The maximum atomic E-state index is 12.9. The fourth-order valence-corrected chi connectivity index (χ4v) is 4.69. The van der Waals surface area contributed by atoms with Gasteiger partial charge in [0, 0.05) is 17.7 Å². The third kappa shape index (κ3) is 3.65. The van der Waals surface area contributed by atoms with Gasteiger partial charge in [0.15, 0.2) is 5.78 Å². The van der Waals surface area contributed by atoms with E-state index in [0.717, 1.165) is 49.8 Å². The molecule has 1 fully saturated rings. The highest BCUT2D eigenvalue weighted by atomic mass is 16.5. The largest absolute Gasteiger partial charge is 0.458 e. The minimum Gasteiger partial charge on any atom is -0.458 e. The van der Waals surface area contributed by atoms with Gasteiger partial charge in [-0.2, -0.15) is 0 Å². The molecule has 4 nitrogen and oxygen atoms in total. The fourth-order valence-electron chi connectivity index (χ4n) is 4.69. The highest BCUT2D eigenvalue weighted by Crippen LogP contribution is 2.35. The molecule has 0 amide bonds. The summed E-state index contributed by atoms with van der Waals surface area (Å²) in [6.07, 6.45) is 7.62. The molecule has 4 heteroatoms. The van der Waals surface area contributed by atoms with Gasteiger partial charge < -0.3 is 9.72 Å². The third-order valence-corrected chi connectivity index (χ3v) is 6.38. The number of nitrogens with one attached hydrogen (secondary N) is 1.